The van der Waals surface area contributed by atoms with Gasteiger partial charge >= 0.3 is 5.97 Å². The van der Waals surface area contributed by atoms with E-state index in [4.69, 9.17) is 5.11 Å². The lowest BCUT2D eigenvalue weighted by atomic mass is 9.96. The molecule has 0 saturated carbocycles. The van der Waals surface area contributed by atoms with E-state index in [9.17, 15) is 4.79 Å². The Labute approximate surface area is 112 Å². The van der Waals surface area contributed by atoms with E-state index in [0.29, 0.717) is 0 Å². The van der Waals surface area contributed by atoms with Crippen molar-refractivity contribution >= 4 is 17.6 Å². The molecule has 94 valence electrons. The van der Waals surface area contributed by atoms with Crippen molar-refractivity contribution in [3.05, 3.63) is 70.8 Å². The normalized spacial score (nSPS) is 12.9. The summed E-state index contributed by atoms with van der Waals surface area (Å²) in [6, 6.07) is 16.2. The van der Waals surface area contributed by atoms with Crippen molar-refractivity contribution < 1.29 is 9.90 Å². The van der Waals surface area contributed by atoms with Crippen LogP contribution in [0.5, 0.6) is 0 Å². The van der Waals surface area contributed by atoms with Gasteiger partial charge in [0.25, 0.3) is 0 Å². The molecule has 0 aromatic heterocycles. The smallest absolute Gasteiger partial charge is 0.307 e. The van der Waals surface area contributed by atoms with Crippen LogP contribution >= 0.6 is 0 Å². The van der Waals surface area contributed by atoms with Gasteiger partial charge in [-0.3, -0.25) is 4.79 Å². The van der Waals surface area contributed by atoms with Gasteiger partial charge in [-0.2, -0.15) is 0 Å². The zero-order valence-corrected chi connectivity index (χ0v) is 10.5. The highest BCUT2D eigenvalue weighted by molar-refractivity contribution is 5.93. The first kappa shape index (κ1) is 11.7. The molecule has 1 N–H and O–H groups in total. The second-order valence-electron chi connectivity index (χ2n) is 4.77. The van der Waals surface area contributed by atoms with Crippen LogP contribution in [0.2, 0.25) is 0 Å². The second-order valence-corrected chi connectivity index (χ2v) is 4.77. The minimum absolute atomic E-state index is 0.0609. The summed E-state index contributed by atoms with van der Waals surface area (Å²) in [6.07, 6.45) is 2.92. The van der Waals surface area contributed by atoms with Crippen molar-refractivity contribution in [2.45, 2.75) is 12.8 Å². The summed E-state index contributed by atoms with van der Waals surface area (Å²) >= 11 is 0. The first-order valence-corrected chi connectivity index (χ1v) is 6.32. The monoisotopic (exact) mass is 250 g/mol. The molecule has 2 aromatic rings. The molecule has 0 fully saturated rings. The highest BCUT2D eigenvalue weighted by atomic mass is 16.4. The standard InChI is InChI=1S/C17H14O2/c18-17(19)11-15-10-13-6-2-1-5-12(13)9-14-7-3-4-8-16(14)15/h1-8,10H,9,11H2,(H,18,19). The molecular formula is C17H14O2. The molecule has 0 amide bonds. The van der Waals surface area contributed by atoms with E-state index in [1.54, 1.807) is 0 Å². The fourth-order valence-electron chi connectivity index (χ4n) is 2.60. The predicted octanol–water partition coefficient (Wildman–Crippen LogP) is 3.61. The number of carbonyl (C=O) groups is 1. The zero-order chi connectivity index (χ0) is 13.2. The van der Waals surface area contributed by atoms with Crippen LogP contribution in [-0.4, -0.2) is 11.1 Å². The third-order valence-corrected chi connectivity index (χ3v) is 3.47. The fraction of sp³-hybridized carbons (Fsp3) is 0.118. The number of fused-ring (bicyclic) bond motifs is 2. The molecule has 0 aliphatic heterocycles. The molecule has 0 heterocycles. The summed E-state index contributed by atoms with van der Waals surface area (Å²) in [5.74, 6) is -0.791. The summed E-state index contributed by atoms with van der Waals surface area (Å²) in [4.78, 5) is 11.1. The van der Waals surface area contributed by atoms with Crippen LogP contribution in [0.4, 0.5) is 0 Å². The van der Waals surface area contributed by atoms with Crippen molar-refractivity contribution in [1.29, 1.82) is 0 Å². The Hall–Kier alpha value is -2.35. The summed E-state index contributed by atoms with van der Waals surface area (Å²) in [5.41, 5.74) is 5.50. The van der Waals surface area contributed by atoms with Gasteiger partial charge in [0.05, 0.1) is 6.42 Å². The molecule has 0 unspecified atom stereocenters. The Kier molecular flexibility index (Phi) is 2.92. The summed E-state index contributed by atoms with van der Waals surface area (Å²) in [6.45, 7) is 0. The quantitative estimate of drug-likeness (QED) is 0.884. The molecule has 0 saturated heterocycles. The van der Waals surface area contributed by atoms with Crippen LogP contribution in [-0.2, 0) is 11.2 Å². The maximum Gasteiger partial charge on any atom is 0.307 e. The lowest BCUT2D eigenvalue weighted by molar-refractivity contribution is -0.135. The Balaban J connectivity index is 2.19. The summed E-state index contributed by atoms with van der Waals surface area (Å²) in [7, 11) is 0. The number of aliphatic carboxylic acids is 1. The first-order valence-electron chi connectivity index (χ1n) is 6.32. The minimum atomic E-state index is -0.791. The van der Waals surface area contributed by atoms with Crippen molar-refractivity contribution in [2.75, 3.05) is 0 Å². The van der Waals surface area contributed by atoms with Gasteiger partial charge in [-0.15, -0.1) is 0 Å². The molecule has 0 spiro atoms. The Bertz CT molecular complexity index is 668. The van der Waals surface area contributed by atoms with Crippen molar-refractivity contribution in [3.63, 3.8) is 0 Å². The van der Waals surface area contributed by atoms with E-state index >= 15 is 0 Å². The summed E-state index contributed by atoms with van der Waals surface area (Å²) < 4.78 is 0. The molecule has 1 aliphatic rings. The molecule has 0 bridgehead atoms. The molecule has 0 atom stereocenters. The van der Waals surface area contributed by atoms with Gasteiger partial charge in [0.2, 0.25) is 0 Å². The van der Waals surface area contributed by atoms with Gasteiger partial charge in [-0.25, -0.2) is 0 Å². The molecular weight excluding hydrogens is 236 g/mol. The highest BCUT2D eigenvalue weighted by Gasteiger charge is 2.16. The Morgan fingerprint density at radius 1 is 1.00 bits per heavy atom. The number of hydrogen-bond donors (Lipinski definition) is 1. The second kappa shape index (κ2) is 4.73. The van der Waals surface area contributed by atoms with E-state index in [-0.39, 0.29) is 6.42 Å². The Morgan fingerprint density at radius 3 is 2.47 bits per heavy atom. The van der Waals surface area contributed by atoms with E-state index in [1.807, 2.05) is 42.5 Å². The van der Waals surface area contributed by atoms with E-state index in [0.717, 1.165) is 23.1 Å². The number of hydrogen-bond acceptors (Lipinski definition) is 1. The molecule has 2 heteroatoms. The third kappa shape index (κ3) is 2.29. The predicted molar refractivity (Wildman–Crippen MR) is 75.8 cm³/mol. The average Bonchev–Trinajstić information content (AvgIpc) is 2.55. The molecule has 1 aliphatic carbocycles. The number of carboxylic acid groups (broad SMARTS) is 1. The molecule has 3 rings (SSSR count). The lowest BCUT2D eigenvalue weighted by Crippen LogP contribution is -1.98. The van der Waals surface area contributed by atoms with E-state index in [1.165, 1.54) is 11.1 Å². The maximum absolute atomic E-state index is 11.1. The molecule has 2 aromatic carbocycles. The van der Waals surface area contributed by atoms with Gasteiger partial charge in [0, 0.05) is 0 Å². The van der Waals surface area contributed by atoms with E-state index < -0.39 is 5.97 Å². The van der Waals surface area contributed by atoms with Crippen molar-refractivity contribution in [2.24, 2.45) is 0 Å². The van der Waals surface area contributed by atoms with Gasteiger partial charge in [-0.05, 0) is 34.2 Å². The van der Waals surface area contributed by atoms with E-state index in [2.05, 4.69) is 12.1 Å². The van der Waals surface area contributed by atoms with Crippen molar-refractivity contribution in [1.82, 2.24) is 0 Å². The number of rotatable bonds is 2. The van der Waals surface area contributed by atoms with Gasteiger partial charge in [0.1, 0.15) is 0 Å². The minimum Gasteiger partial charge on any atom is -0.481 e. The molecule has 2 nitrogen and oxygen atoms in total. The largest absolute Gasteiger partial charge is 0.481 e. The highest BCUT2D eigenvalue weighted by Crippen LogP contribution is 2.31. The zero-order valence-electron chi connectivity index (χ0n) is 10.5. The first-order chi connectivity index (χ1) is 9.24. The van der Waals surface area contributed by atoms with Gasteiger partial charge in [0.15, 0.2) is 0 Å². The maximum atomic E-state index is 11.1. The van der Waals surface area contributed by atoms with Crippen LogP contribution in [0.25, 0.3) is 11.6 Å². The SMILES string of the molecule is O=C(O)CC1=Cc2ccccc2Cc2ccccc21. The number of benzene rings is 2. The molecule has 0 radical (unpaired) electrons. The molecule has 19 heavy (non-hydrogen) atoms. The fourth-order valence-corrected chi connectivity index (χ4v) is 2.60. The van der Waals surface area contributed by atoms with Crippen LogP contribution in [0.3, 0.4) is 0 Å². The van der Waals surface area contributed by atoms with Gasteiger partial charge in [-0.1, -0.05) is 54.6 Å². The average molecular weight is 250 g/mol. The van der Waals surface area contributed by atoms with Crippen LogP contribution in [0.1, 0.15) is 28.7 Å². The van der Waals surface area contributed by atoms with Gasteiger partial charge < -0.3 is 5.11 Å². The van der Waals surface area contributed by atoms with Crippen LogP contribution < -0.4 is 0 Å². The lowest BCUT2D eigenvalue weighted by Gasteiger charge is -2.08. The van der Waals surface area contributed by atoms with Crippen LogP contribution in [0, 0.1) is 0 Å². The topological polar surface area (TPSA) is 37.3 Å². The van der Waals surface area contributed by atoms with Crippen molar-refractivity contribution in [3.8, 4) is 0 Å². The Morgan fingerprint density at radius 2 is 1.68 bits per heavy atom. The number of carboxylic acids is 1. The van der Waals surface area contributed by atoms with Crippen LogP contribution in [0.15, 0.2) is 48.5 Å². The third-order valence-electron chi connectivity index (χ3n) is 3.47. The summed E-state index contributed by atoms with van der Waals surface area (Å²) in [5, 5.41) is 9.09.